The summed E-state index contributed by atoms with van der Waals surface area (Å²) >= 11 is 0. The molecule has 1 aliphatic rings. The van der Waals surface area contributed by atoms with E-state index in [-0.39, 0.29) is 11.9 Å². The number of aromatic nitrogens is 3. The number of anilines is 1. The molecule has 1 aliphatic heterocycles. The molecule has 2 atom stereocenters. The lowest BCUT2D eigenvalue weighted by molar-refractivity contribution is 0.194. The monoisotopic (exact) mass is 312 g/mol. The molecule has 1 N–H and O–H groups in total. The maximum Gasteiger partial charge on any atom is 0.159 e. The maximum atomic E-state index is 13.6. The summed E-state index contributed by atoms with van der Waals surface area (Å²) < 4.78 is 15.3. The van der Waals surface area contributed by atoms with Crippen LogP contribution in [0.1, 0.15) is 18.0 Å². The van der Waals surface area contributed by atoms with Crippen molar-refractivity contribution in [3.63, 3.8) is 0 Å². The van der Waals surface area contributed by atoms with Gasteiger partial charge in [-0.15, -0.1) is 0 Å². The Morgan fingerprint density at radius 1 is 1.30 bits per heavy atom. The molecule has 1 saturated heterocycles. The fourth-order valence-electron chi connectivity index (χ4n) is 3.39. The average molecular weight is 312 g/mol. The first-order chi connectivity index (χ1) is 11.1. The predicted octanol–water partition coefficient (Wildman–Crippen LogP) is 2.42. The summed E-state index contributed by atoms with van der Waals surface area (Å²) in [6.45, 7) is 0.509. The third-order valence-corrected chi connectivity index (χ3v) is 4.43. The number of aliphatic hydroxyl groups is 1. The van der Waals surface area contributed by atoms with Crippen molar-refractivity contribution in [3.8, 4) is 0 Å². The highest BCUT2D eigenvalue weighted by atomic mass is 19.1. The van der Waals surface area contributed by atoms with Gasteiger partial charge in [0.1, 0.15) is 5.82 Å². The maximum absolute atomic E-state index is 13.6. The van der Waals surface area contributed by atoms with Crippen molar-refractivity contribution >= 4 is 16.7 Å². The molecule has 6 heteroatoms. The van der Waals surface area contributed by atoms with Crippen LogP contribution in [-0.4, -0.2) is 32.5 Å². The first-order valence-electron chi connectivity index (χ1n) is 7.60. The molecule has 2 aromatic heterocycles. The lowest BCUT2D eigenvalue weighted by Crippen LogP contribution is -2.24. The largest absolute Gasteiger partial charge is 0.391 e. The molecule has 3 heterocycles. The summed E-state index contributed by atoms with van der Waals surface area (Å²) in [6.07, 6.45) is 3.66. The van der Waals surface area contributed by atoms with E-state index in [9.17, 15) is 9.50 Å². The molecule has 118 valence electrons. The molecule has 4 rings (SSSR count). The molecule has 0 unspecified atom stereocenters. The van der Waals surface area contributed by atoms with Crippen molar-refractivity contribution in [2.75, 3.05) is 11.4 Å². The minimum absolute atomic E-state index is 0.0634. The molecule has 0 aliphatic carbocycles. The predicted molar refractivity (Wildman–Crippen MR) is 85.6 cm³/mol. The van der Waals surface area contributed by atoms with E-state index in [1.54, 1.807) is 23.1 Å². The Labute approximate surface area is 133 Å². The van der Waals surface area contributed by atoms with Gasteiger partial charge < -0.3 is 10.0 Å². The number of aliphatic hydroxyl groups excluding tert-OH is 1. The number of fused-ring (bicyclic) bond motifs is 1. The zero-order valence-corrected chi connectivity index (χ0v) is 12.7. The number of β-amino-alcohol motifs (C(OH)–C–C–N with tert-alkyl or cyclic N) is 1. The van der Waals surface area contributed by atoms with Crippen LogP contribution < -0.4 is 4.90 Å². The van der Waals surface area contributed by atoms with E-state index in [2.05, 4.69) is 15.0 Å². The second-order valence-electron chi connectivity index (χ2n) is 5.95. The highest BCUT2D eigenvalue weighted by Gasteiger charge is 2.33. The molecular weight excluding hydrogens is 295 g/mol. The van der Waals surface area contributed by atoms with E-state index >= 15 is 0 Å². The van der Waals surface area contributed by atoms with Crippen molar-refractivity contribution < 1.29 is 9.50 Å². The minimum atomic E-state index is -0.442. The summed E-state index contributed by atoms with van der Waals surface area (Å²) in [5.74, 6) is -0.259. The molecule has 23 heavy (non-hydrogen) atoms. The third-order valence-electron chi connectivity index (χ3n) is 4.43. The quantitative estimate of drug-likeness (QED) is 0.789. The molecule has 0 spiro atoms. The van der Waals surface area contributed by atoms with Gasteiger partial charge in [-0.25, -0.2) is 9.37 Å². The van der Waals surface area contributed by atoms with E-state index < -0.39 is 6.10 Å². The van der Waals surface area contributed by atoms with E-state index in [0.717, 1.165) is 22.3 Å². The van der Waals surface area contributed by atoms with E-state index in [4.69, 9.17) is 0 Å². The smallest absolute Gasteiger partial charge is 0.159 e. The average Bonchev–Trinajstić information content (AvgIpc) is 3.11. The summed E-state index contributed by atoms with van der Waals surface area (Å²) in [4.78, 5) is 6.47. The molecule has 1 aromatic carbocycles. The molecule has 3 aromatic rings. The summed E-state index contributed by atoms with van der Waals surface area (Å²) in [5.41, 5.74) is 2.63. The normalized spacial score (nSPS) is 21.3. The molecular formula is C17H17FN4O. The molecule has 1 fully saturated rings. The Bertz CT molecular complexity index is 863. The lowest BCUT2D eigenvalue weighted by Gasteiger charge is -2.27. The van der Waals surface area contributed by atoms with E-state index in [1.807, 2.05) is 19.2 Å². The molecule has 0 bridgehead atoms. The van der Waals surface area contributed by atoms with Gasteiger partial charge in [0.05, 0.1) is 29.4 Å². The lowest BCUT2D eigenvalue weighted by atomic mass is 10.0. The Balaban J connectivity index is 1.82. The fraction of sp³-hybridized carbons (Fsp3) is 0.294. The van der Waals surface area contributed by atoms with Crippen LogP contribution in [0.5, 0.6) is 0 Å². The highest BCUT2D eigenvalue weighted by molar-refractivity contribution is 5.89. The van der Waals surface area contributed by atoms with Gasteiger partial charge in [0.25, 0.3) is 0 Å². The highest BCUT2D eigenvalue weighted by Crippen LogP contribution is 2.39. The van der Waals surface area contributed by atoms with Gasteiger partial charge in [0.2, 0.25) is 0 Å². The number of hydrogen-bond donors (Lipinski definition) is 1. The number of pyridine rings is 1. The van der Waals surface area contributed by atoms with Gasteiger partial charge in [-0.1, -0.05) is 12.1 Å². The zero-order valence-electron chi connectivity index (χ0n) is 12.7. The minimum Gasteiger partial charge on any atom is -0.391 e. The zero-order chi connectivity index (χ0) is 16.0. The van der Waals surface area contributed by atoms with Crippen LogP contribution in [0.25, 0.3) is 11.0 Å². The van der Waals surface area contributed by atoms with Gasteiger partial charge in [-0.3, -0.25) is 4.68 Å². The third kappa shape index (κ3) is 2.35. The van der Waals surface area contributed by atoms with Crippen LogP contribution in [0.15, 0.2) is 42.7 Å². The fourth-order valence-corrected chi connectivity index (χ4v) is 3.39. The molecule has 0 saturated carbocycles. The summed E-state index contributed by atoms with van der Waals surface area (Å²) in [5, 5.41) is 15.4. The SMILES string of the molecule is Cn1ncc2c(N3C[C@@H](O)C[C@H]3c3cccc(F)c3)ccnc21. The van der Waals surface area contributed by atoms with Crippen LogP contribution in [0, 0.1) is 5.82 Å². The van der Waals surface area contributed by atoms with Gasteiger partial charge in [0, 0.05) is 19.8 Å². The van der Waals surface area contributed by atoms with E-state index in [1.165, 1.54) is 12.1 Å². The van der Waals surface area contributed by atoms with Gasteiger partial charge in [-0.05, 0) is 30.2 Å². The second-order valence-corrected chi connectivity index (χ2v) is 5.95. The van der Waals surface area contributed by atoms with Crippen LogP contribution in [0.2, 0.25) is 0 Å². The Kier molecular flexibility index (Phi) is 3.27. The van der Waals surface area contributed by atoms with Crippen LogP contribution in [0.3, 0.4) is 0 Å². The van der Waals surface area contributed by atoms with Crippen molar-refractivity contribution in [3.05, 3.63) is 54.1 Å². The van der Waals surface area contributed by atoms with Crippen LogP contribution >= 0.6 is 0 Å². The molecule has 0 amide bonds. The second kappa shape index (κ2) is 5.31. The Morgan fingerprint density at radius 3 is 3.00 bits per heavy atom. The first kappa shape index (κ1) is 14.1. The number of benzene rings is 1. The van der Waals surface area contributed by atoms with Crippen molar-refractivity contribution in [1.29, 1.82) is 0 Å². The number of hydrogen-bond acceptors (Lipinski definition) is 4. The van der Waals surface area contributed by atoms with Gasteiger partial charge >= 0.3 is 0 Å². The Hall–Kier alpha value is -2.47. The topological polar surface area (TPSA) is 54.2 Å². The van der Waals surface area contributed by atoms with Crippen LogP contribution in [0.4, 0.5) is 10.1 Å². The number of halogens is 1. The molecule has 0 radical (unpaired) electrons. The van der Waals surface area contributed by atoms with Crippen molar-refractivity contribution in [2.45, 2.75) is 18.6 Å². The standard InChI is InChI=1S/C17H17FN4O/c1-21-17-14(9-20-21)15(5-6-19-17)22-10-13(23)8-16(22)11-3-2-4-12(18)7-11/h2-7,9,13,16,23H,8,10H2,1H3/t13-,16-/m0/s1. The van der Waals surface area contributed by atoms with Gasteiger partial charge in [0.15, 0.2) is 5.65 Å². The number of aryl methyl sites for hydroxylation is 1. The van der Waals surface area contributed by atoms with Gasteiger partial charge in [-0.2, -0.15) is 5.10 Å². The van der Waals surface area contributed by atoms with Crippen LogP contribution in [-0.2, 0) is 7.05 Å². The number of rotatable bonds is 2. The Morgan fingerprint density at radius 2 is 2.17 bits per heavy atom. The summed E-state index contributed by atoms with van der Waals surface area (Å²) in [7, 11) is 1.85. The summed E-state index contributed by atoms with van der Waals surface area (Å²) in [6, 6.07) is 8.45. The van der Waals surface area contributed by atoms with E-state index in [0.29, 0.717) is 13.0 Å². The van der Waals surface area contributed by atoms with Crippen molar-refractivity contribution in [2.24, 2.45) is 7.05 Å². The number of nitrogens with zero attached hydrogens (tertiary/aromatic N) is 4. The first-order valence-corrected chi connectivity index (χ1v) is 7.60. The van der Waals surface area contributed by atoms with Crippen molar-refractivity contribution in [1.82, 2.24) is 14.8 Å². The molecule has 5 nitrogen and oxygen atoms in total.